The first-order valence-corrected chi connectivity index (χ1v) is 11.2. The average molecular weight is 421 g/mol. The van der Waals surface area contributed by atoms with E-state index in [1.807, 2.05) is 42.5 Å². The van der Waals surface area contributed by atoms with E-state index in [0.29, 0.717) is 23.4 Å². The van der Waals surface area contributed by atoms with Crippen LogP contribution in [0.25, 0.3) is 10.8 Å². The third-order valence-corrected chi connectivity index (χ3v) is 7.31. The van der Waals surface area contributed by atoms with Gasteiger partial charge in [0, 0.05) is 11.1 Å². The van der Waals surface area contributed by atoms with E-state index in [1.165, 1.54) is 19.3 Å². The Kier molecular flexibility index (Phi) is 5.16. The molecule has 0 saturated heterocycles. The first-order chi connectivity index (χ1) is 15.0. The number of hydrogen-bond donors (Lipinski definition) is 2. The highest BCUT2D eigenvalue weighted by Crippen LogP contribution is 2.60. The standard InChI is InChI=1S/C25H28N2O4/c28-22(27-21-6-5-19-3-1-2-4-20(19)10-21)15-31-23(29)14-26-24(30)25-11-16-7-17(12-25)9-18(8-16)13-25/h1-6,10,16-18H,7-9,11-15H2,(H,26,30)(H,27,28). The molecular weight excluding hydrogens is 392 g/mol. The van der Waals surface area contributed by atoms with E-state index in [1.54, 1.807) is 0 Å². The number of benzene rings is 2. The van der Waals surface area contributed by atoms with Crippen LogP contribution in [0.4, 0.5) is 5.69 Å². The van der Waals surface area contributed by atoms with Crippen LogP contribution in [0.15, 0.2) is 42.5 Å². The molecule has 4 aliphatic rings. The minimum atomic E-state index is -0.591. The van der Waals surface area contributed by atoms with E-state index in [0.717, 1.165) is 30.0 Å². The molecule has 2 aromatic carbocycles. The van der Waals surface area contributed by atoms with Crippen LogP contribution in [0.5, 0.6) is 0 Å². The van der Waals surface area contributed by atoms with Gasteiger partial charge >= 0.3 is 5.97 Å². The molecule has 0 unspecified atom stereocenters. The first kappa shape index (κ1) is 20.0. The summed E-state index contributed by atoms with van der Waals surface area (Å²) in [4.78, 5) is 37.1. The quantitative estimate of drug-likeness (QED) is 0.699. The van der Waals surface area contributed by atoms with Crippen LogP contribution in [-0.4, -0.2) is 30.9 Å². The second-order valence-electron chi connectivity index (χ2n) is 9.65. The number of rotatable bonds is 6. The van der Waals surface area contributed by atoms with Gasteiger partial charge in [-0.2, -0.15) is 0 Å². The van der Waals surface area contributed by atoms with E-state index in [4.69, 9.17) is 4.74 Å². The maximum absolute atomic E-state index is 12.9. The topological polar surface area (TPSA) is 84.5 Å². The lowest BCUT2D eigenvalue weighted by Crippen LogP contribution is -2.54. The van der Waals surface area contributed by atoms with Crippen molar-refractivity contribution < 1.29 is 19.1 Å². The summed E-state index contributed by atoms with van der Waals surface area (Å²) in [6, 6.07) is 13.5. The van der Waals surface area contributed by atoms with Gasteiger partial charge in [0.1, 0.15) is 6.54 Å². The molecule has 31 heavy (non-hydrogen) atoms. The summed E-state index contributed by atoms with van der Waals surface area (Å²) >= 11 is 0. The van der Waals surface area contributed by atoms with Gasteiger partial charge in [-0.15, -0.1) is 0 Å². The third-order valence-electron chi connectivity index (χ3n) is 7.31. The molecule has 162 valence electrons. The molecule has 6 heteroatoms. The van der Waals surface area contributed by atoms with Crippen LogP contribution in [0.1, 0.15) is 38.5 Å². The van der Waals surface area contributed by atoms with E-state index in [-0.39, 0.29) is 24.5 Å². The van der Waals surface area contributed by atoms with E-state index in [9.17, 15) is 14.4 Å². The first-order valence-electron chi connectivity index (χ1n) is 11.2. The normalized spacial score (nSPS) is 28.3. The van der Waals surface area contributed by atoms with Crippen molar-refractivity contribution in [2.75, 3.05) is 18.5 Å². The highest BCUT2D eigenvalue weighted by molar-refractivity contribution is 5.96. The van der Waals surface area contributed by atoms with Gasteiger partial charge < -0.3 is 15.4 Å². The van der Waals surface area contributed by atoms with Crippen LogP contribution >= 0.6 is 0 Å². The maximum Gasteiger partial charge on any atom is 0.325 e. The van der Waals surface area contributed by atoms with Gasteiger partial charge in [0.15, 0.2) is 6.61 Å². The maximum atomic E-state index is 12.9. The molecular formula is C25H28N2O4. The lowest BCUT2D eigenvalue weighted by molar-refractivity contribution is -0.152. The zero-order valence-corrected chi connectivity index (χ0v) is 17.6. The zero-order valence-electron chi connectivity index (χ0n) is 17.6. The molecule has 0 aliphatic heterocycles. The summed E-state index contributed by atoms with van der Waals surface area (Å²) in [5.41, 5.74) is 0.359. The number of esters is 1. The number of fused-ring (bicyclic) bond motifs is 1. The summed E-state index contributed by atoms with van der Waals surface area (Å²) in [5, 5.41) is 7.63. The van der Waals surface area contributed by atoms with Crippen molar-refractivity contribution in [3.63, 3.8) is 0 Å². The number of amides is 2. The van der Waals surface area contributed by atoms with Crippen LogP contribution in [0, 0.1) is 23.2 Å². The van der Waals surface area contributed by atoms with Gasteiger partial charge in [-0.25, -0.2) is 0 Å². The fourth-order valence-electron chi connectivity index (χ4n) is 6.39. The lowest BCUT2D eigenvalue weighted by Gasteiger charge is -2.55. The molecule has 0 spiro atoms. The van der Waals surface area contributed by atoms with Gasteiger partial charge in [-0.3, -0.25) is 14.4 Å². The number of anilines is 1. The minimum Gasteiger partial charge on any atom is -0.454 e. The van der Waals surface area contributed by atoms with Crippen molar-refractivity contribution in [3.05, 3.63) is 42.5 Å². The fraction of sp³-hybridized carbons (Fsp3) is 0.480. The molecule has 2 aromatic rings. The van der Waals surface area contributed by atoms with Crippen LogP contribution in [0.3, 0.4) is 0 Å². The Balaban J connectivity index is 1.08. The second kappa shape index (κ2) is 7.98. The summed E-state index contributed by atoms with van der Waals surface area (Å²) < 4.78 is 5.07. The van der Waals surface area contributed by atoms with Gasteiger partial charge in [0.05, 0.1) is 0 Å². The molecule has 0 heterocycles. The molecule has 6 rings (SSSR count). The monoisotopic (exact) mass is 420 g/mol. The molecule has 4 bridgehead atoms. The summed E-state index contributed by atoms with van der Waals surface area (Å²) in [6.45, 7) is -0.567. The number of carbonyl (C=O) groups is 3. The Morgan fingerprint density at radius 2 is 1.55 bits per heavy atom. The Bertz CT molecular complexity index is 996. The van der Waals surface area contributed by atoms with Crippen LogP contribution < -0.4 is 10.6 Å². The van der Waals surface area contributed by atoms with Crippen molar-refractivity contribution in [2.24, 2.45) is 23.2 Å². The molecule has 4 fully saturated rings. The fourth-order valence-corrected chi connectivity index (χ4v) is 6.39. The van der Waals surface area contributed by atoms with Gasteiger partial charge in [-0.1, -0.05) is 30.3 Å². The SMILES string of the molecule is O=C(COC(=O)CNC(=O)C12CC3CC(CC(C3)C1)C2)Nc1ccc2ccccc2c1. The predicted octanol–water partition coefficient (Wildman–Crippen LogP) is 3.65. The third kappa shape index (κ3) is 4.16. The predicted molar refractivity (Wildman–Crippen MR) is 117 cm³/mol. The van der Waals surface area contributed by atoms with Crippen molar-refractivity contribution >= 4 is 34.2 Å². The Hall–Kier alpha value is -2.89. The Labute approximate surface area is 181 Å². The molecule has 4 saturated carbocycles. The molecule has 2 amide bonds. The minimum absolute atomic E-state index is 0.0100. The van der Waals surface area contributed by atoms with E-state index in [2.05, 4.69) is 10.6 Å². The molecule has 6 nitrogen and oxygen atoms in total. The number of carbonyl (C=O) groups excluding carboxylic acids is 3. The Morgan fingerprint density at radius 3 is 2.23 bits per heavy atom. The molecule has 0 radical (unpaired) electrons. The van der Waals surface area contributed by atoms with E-state index < -0.39 is 11.9 Å². The van der Waals surface area contributed by atoms with Crippen molar-refractivity contribution in [3.8, 4) is 0 Å². The highest BCUT2D eigenvalue weighted by Gasteiger charge is 2.54. The summed E-state index contributed by atoms with van der Waals surface area (Å²) in [5.74, 6) is 1.00. The molecule has 0 aromatic heterocycles. The largest absolute Gasteiger partial charge is 0.454 e. The summed E-state index contributed by atoms with van der Waals surface area (Å²) in [7, 11) is 0. The van der Waals surface area contributed by atoms with Gasteiger partial charge in [0.25, 0.3) is 5.91 Å². The van der Waals surface area contributed by atoms with Crippen LogP contribution in [0.2, 0.25) is 0 Å². The lowest BCUT2D eigenvalue weighted by atomic mass is 9.49. The molecule has 0 atom stereocenters. The van der Waals surface area contributed by atoms with Crippen molar-refractivity contribution in [1.29, 1.82) is 0 Å². The summed E-state index contributed by atoms with van der Waals surface area (Å²) in [6.07, 6.45) is 6.65. The zero-order chi connectivity index (χ0) is 21.4. The van der Waals surface area contributed by atoms with Crippen molar-refractivity contribution in [1.82, 2.24) is 5.32 Å². The average Bonchev–Trinajstić information content (AvgIpc) is 2.75. The van der Waals surface area contributed by atoms with Crippen LogP contribution in [-0.2, 0) is 19.1 Å². The number of nitrogens with one attached hydrogen (secondary N) is 2. The molecule has 2 N–H and O–H groups in total. The molecule has 4 aliphatic carbocycles. The van der Waals surface area contributed by atoms with E-state index >= 15 is 0 Å². The number of ether oxygens (including phenoxy) is 1. The Morgan fingerprint density at radius 1 is 0.903 bits per heavy atom. The second-order valence-corrected chi connectivity index (χ2v) is 9.65. The smallest absolute Gasteiger partial charge is 0.325 e. The van der Waals surface area contributed by atoms with Gasteiger partial charge in [-0.05, 0) is 79.2 Å². The highest BCUT2D eigenvalue weighted by atomic mass is 16.5. The van der Waals surface area contributed by atoms with Gasteiger partial charge in [0.2, 0.25) is 5.91 Å². The van der Waals surface area contributed by atoms with Crippen molar-refractivity contribution in [2.45, 2.75) is 38.5 Å². The number of hydrogen-bond acceptors (Lipinski definition) is 4.